The Balaban J connectivity index is 1.88. The van der Waals surface area contributed by atoms with Gasteiger partial charge in [-0.3, -0.25) is 4.79 Å². The molecule has 0 amide bonds. The molecule has 1 N–H and O–H groups in total. The molecular formula is C9H14O2. The van der Waals surface area contributed by atoms with Crippen molar-refractivity contribution in [1.29, 1.82) is 0 Å². The molecule has 0 radical (unpaired) electrons. The van der Waals surface area contributed by atoms with E-state index in [9.17, 15) is 4.79 Å². The van der Waals surface area contributed by atoms with Crippen molar-refractivity contribution in [3.63, 3.8) is 0 Å². The minimum Gasteiger partial charge on any atom is -0.481 e. The zero-order valence-electron chi connectivity index (χ0n) is 6.68. The van der Waals surface area contributed by atoms with Crippen molar-refractivity contribution in [3.05, 3.63) is 0 Å². The van der Waals surface area contributed by atoms with Crippen LogP contribution in [0.4, 0.5) is 0 Å². The average Bonchev–Trinajstić information content (AvgIpc) is 2.43. The van der Waals surface area contributed by atoms with Crippen molar-refractivity contribution in [3.8, 4) is 0 Å². The summed E-state index contributed by atoms with van der Waals surface area (Å²) in [5.41, 5.74) is 0.512. The lowest BCUT2D eigenvalue weighted by atomic mass is 10.0. The Morgan fingerprint density at radius 3 is 2.64 bits per heavy atom. The number of aliphatic carboxylic acids is 1. The third kappa shape index (κ3) is 1.15. The second-order valence-corrected chi connectivity index (χ2v) is 4.07. The van der Waals surface area contributed by atoms with Gasteiger partial charge in [-0.25, -0.2) is 0 Å². The first kappa shape index (κ1) is 7.14. The topological polar surface area (TPSA) is 37.3 Å². The summed E-state index contributed by atoms with van der Waals surface area (Å²) in [4.78, 5) is 10.4. The minimum atomic E-state index is -0.612. The summed E-state index contributed by atoms with van der Waals surface area (Å²) in [5, 5.41) is 8.57. The van der Waals surface area contributed by atoms with Crippen molar-refractivity contribution in [2.45, 2.75) is 38.5 Å². The summed E-state index contributed by atoms with van der Waals surface area (Å²) >= 11 is 0. The predicted molar refractivity (Wildman–Crippen MR) is 41.3 cm³/mol. The van der Waals surface area contributed by atoms with Crippen LogP contribution >= 0.6 is 0 Å². The highest BCUT2D eigenvalue weighted by atomic mass is 16.4. The second-order valence-electron chi connectivity index (χ2n) is 4.07. The Labute approximate surface area is 66.6 Å². The zero-order valence-corrected chi connectivity index (χ0v) is 6.68. The molecule has 0 aromatic heterocycles. The molecule has 0 aliphatic heterocycles. The molecule has 2 rings (SSSR count). The zero-order chi connectivity index (χ0) is 7.90. The van der Waals surface area contributed by atoms with Gasteiger partial charge in [-0.1, -0.05) is 12.8 Å². The van der Waals surface area contributed by atoms with Crippen LogP contribution in [0.1, 0.15) is 38.5 Å². The van der Waals surface area contributed by atoms with Gasteiger partial charge in [0.05, 0.1) is 0 Å². The Morgan fingerprint density at radius 1 is 1.45 bits per heavy atom. The van der Waals surface area contributed by atoms with E-state index in [1.54, 1.807) is 0 Å². The van der Waals surface area contributed by atoms with Crippen LogP contribution in [0, 0.1) is 11.3 Å². The third-order valence-corrected chi connectivity index (χ3v) is 3.38. The van der Waals surface area contributed by atoms with E-state index in [4.69, 9.17) is 5.11 Å². The van der Waals surface area contributed by atoms with E-state index in [-0.39, 0.29) is 0 Å². The lowest BCUT2D eigenvalue weighted by Gasteiger charge is -2.04. The van der Waals surface area contributed by atoms with E-state index >= 15 is 0 Å². The van der Waals surface area contributed by atoms with Crippen LogP contribution in [0.5, 0.6) is 0 Å². The van der Waals surface area contributed by atoms with Gasteiger partial charge in [0.25, 0.3) is 0 Å². The maximum Gasteiger partial charge on any atom is 0.303 e. The maximum atomic E-state index is 10.4. The van der Waals surface area contributed by atoms with Crippen LogP contribution in [0.25, 0.3) is 0 Å². The van der Waals surface area contributed by atoms with Crippen molar-refractivity contribution in [2.24, 2.45) is 11.3 Å². The normalized spacial score (nSPS) is 32.5. The monoisotopic (exact) mass is 154 g/mol. The van der Waals surface area contributed by atoms with Gasteiger partial charge >= 0.3 is 5.97 Å². The third-order valence-electron chi connectivity index (χ3n) is 3.38. The minimum absolute atomic E-state index is 0.417. The molecule has 1 atom stereocenters. The molecule has 11 heavy (non-hydrogen) atoms. The molecule has 62 valence electrons. The second kappa shape index (κ2) is 2.23. The Bertz CT molecular complexity index is 180. The van der Waals surface area contributed by atoms with E-state index < -0.39 is 5.97 Å². The highest BCUT2D eigenvalue weighted by Crippen LogP contribution is 2.64. The van der Waals surface area contributed by atoms with Crippen molar-refractivity contribution < 1.29 is 9.90 Å². The van der Waals surface area contributed by atoms with Crippen molar-refractivity contribution in [2.75, 3.05) is 0 Å². The quantitative estimate of drug-likeness (QED) is 0.660. The Hall–Kier alpha value is -0.530. The van der Waals surface area contributed by atoms with Crippen LogP contribution in [0.15, 0.2) is 0 Å². The van der Waals surface area contributed by atoms with Crippen molar-refractivity contribution in [1.82, 2.24) is 0 Å². The number of hydrogen-bond donors (Lipinski definition) is 1. The predicted octanol–water partition coefficient (Wildman–Crippen LogP) is 2.04. The molecule has 2 nitrogen and oxygen atoms in total. The molecule has 0 aromatic rings. The molecule has 0 aromatic carbocycles. The van der Waals surface area contributed by atoms with E-state index in [0.29, 0.717) is 17.8 Å². The smallest absolute Gasteiger partial charge is 0.303 e. The van der Waals surface area contributed by atoms with E-state index in [0.717, 1.165) is 0 Å². The molecule has 2 aliphatic rings. The van der Waals surface area contributed by atoms with Crippen LogP contribution in [0.3, 0.4) is 0 Å². The fourth-order valence-corrected chi connectivity index (χ4v) is 2.62. The average molecular weight is 154 g/mol. The van der Waals surface area contributed by atoms with Crippen molar-refractivity contribution >= 4 is 5.97 Å². The summed E-state index contributed by atoms with van der Waals surface area (Å²) in [6.45, 7) is 0. The number of rotatable bonds is 2. The number of carbonyl (C=O) groups is 1. The molecule has 2 saturated carbocycles. The van der Waals surface area contributed by atoms with Crippen LogP contribution in [-0.4, -0.2) is 11.1 Å². The first-order valence-corrected chi connectivity index (χ1v) is 4.45. The van der Waals surface area contributed by atoms with Gasteiger partial charge in [0.15, 0.2) is 0 Å². The molecule has 1 spiro atoms. The first-order valence-electron chi connectivity index (χ1n) is 4.45. The summed E-state index contributed by atoms with van der Waals surface area (Å²) in [6.07, 6.45) is 6.86. The van der Waals surface area contributed by atoms with E-state index in [2.05, 4.69) is 0 Å². The van der Waals surface area contributed by atoms with Gasteiger partial charge in [0.1, 0.15) is 0 Å². The molecule has 2 heteroatoms. The fraction of sp³-hybridized carbons (Fsp3) is 0.889. The summed E-state index contributed by atoms with van der Waals surface area (Å²) in [5.74, 6) is -0.0822. The Morgan fingerprint density at radius 2 is 2.09 bits per heavy atom. The van der Waals surface area contributed by atoms with E-state index in [1.807, 2.05) is 0 Å². The number of hydrogen-bond acceptors (Lipinski definition) is 1. The van der Waals surface area contributed by atoms with Gasteiger partial charge in [0.2, 0.25) is 0 Å². The fourth-order valence-electron chi connectivity index (χ4n) is 2.62. The highest BCUT2D eigenvalue weighted by molar-refractivity contribution is 5.67. The molecule has 2 fully saturated rings. The lowest BCUT2D eigenvalue weighted by Crippen LogP contribution is -2.02. The lowest BCUT2D eigenvalue weighted by molar-refractivity contribution is -0.137. The summed E-state index contributed by atoms with van der Waals surface area (Å²) < 4.78 is 0. The molecule has 0 bridgehead atoms. The molecule has 0 saturated heterocycles. The number of carboxylic acid groups (broad SMARTS) is 1. The molecule has 1 unspecified atom stereocenters. The van der Waals surface area contributed by atoms with Gasteiger partial charge < -0.3 is 5.11 Å². The molecule has 0 heterocycles. The highest BCUT2D eigenvalue weighted by Gasteiger charge is 2.55. The summed E-state index contributed by atoms with van der Waals surface area (Å²) in [7, 11) is 0. The number of carboxylic acids is 1. The van der Waals surface area contributed by atoms with E-state index in [1.165, 1.54) is 32.1 Å². The maximum absolute atomic E-state index is 10.4. The van der Waals surface area contributed by atoms with Crippen LogP contribution in [-0.2, 0) is 4.79 Å². The largest absolute Gasteiger partial charge is 0.481 e. The van der Waals surface area contributed by atoms with Gasteiger partial charge in [-0.2, -0.15) is 0 Å². The van der Waals surface area contributed by atoms with Gasteiger partial charge in [0, 0.05) is 6.42 Å². The van der Waals surface area contributed by atoms with Crippen LogP contribution in [0.2, 0.25) is 0 Å². The van der Waals surface area contributed by atoms with Gasteiger partial charge in [-0.05, 0) is 30.6 Å². The SMILES string of the molecule is O=C(O)CC1CC12CCCC2. The molecular weight excluding hydrogens is 140 g/mol. The first-order chi connectivity index (χ1) is 5.23. The molecule has 2 aliphatic carbocycles. The van der Waals surface area contributed by atoms with Gasteiger partial charge in [-0.15, -0.1) is 0 Å². The standard InChI is InChI=1S/C9H14O2/c10-8(11)5-7-6-9(7)3-1-2-4-9/h7H,1-6H2,(H,10,11). The Kier molecular flexibility index (Phi) is 1.44. The summed E-state index contributed by atoms with van der Waals surface area (Å²) in [6, 6.07) is 0. The van der Waals surface area contributed by atoms with Crippen LogP contribution < -0.4 is 0 Å².